The molecular formula is C23H20FN5O2S. The molecule has 162 valence electrons. The molecule has 1 unspecified atom stereocenters. The molecule has 0 saturated heterocycles. The number of rotatable bonds is 7. The summed E-state index contributed by atoms with van der Waals surface area (Å²) in [6, 6.07) is 16.5. The number of anilines is 1. The molecule has 0 aliphatic carbocycles. The molecule has 3 heterocycles. The van der Waals surface area contributed by atoms with Gasteiger partial charge in [-0.15, -0.1) is 0 Å². The number of fused-ring (bicyclic) bond motifs is 1. The monoisotopic (exact) mass is 449 g/mol. The molecule has 0 fully saturated rings. The molecule has 1 aliphatic rings. The molecular weight excluding hydrogens is 429 g/mol. The Morgan fingerprint density at radius 2 is 1.84 bits per heavy atom. The van der Waals surface area contributed by atoms with Crippen LogP contribution in [-0.2, 0) is 28.9 Å². The van der Waals surface area contributed by atoms with Crippen LogP contribution in [-0.4, -0.2) is 25.8 Å². The van der Waals surface area contributed by atoms with Crippen molar-refractivity contribution in [3.05, 3.63) is 89.2 Å². The highest BCUT2D eigenvalue weighted by molar-refractivity contribution is 8.02. The van der Waals surface area contributed by atoms with Crippen LogP contribution in [0.1, 0.15) is 11.1 Å². The predicted molar refractivity (Wildman–Crippen MR) is 120 cm³/mol. The zero-order valence-electron chi connectivity index (χ0n) is 17.0. The van der Waals surface area contributed by atoms with E-state index in [1.54, 1.807) is 18.4 Å². The smallest absolute Gasteiger partial charge is 0.245 e. The number of halogens is 1. The van der Waals surface area contributed by atoms with E-state index >= 15 is 0 Å². The summed E-state index contributed by atoms with van der Waals surface area (Å²) in [6.07, 6.45) is 3.96. The van der Waals surface area contributed by atoms with Crippen LogP contribution in [0.15, 0.2) is 77.4 Å². The minimum absolute atomic E-state index is 0.256. The fourth-order valence-electron chi connectivity index (χ4n) is 3.46. The molecule has 0 saturated carbocycles. The van der Waals surface area contributed by atoms with Crippen molar-refractivity contribution in [1.82, 2.24) is 19.5 Å². The van der Waals surface area contributed by atoms with Gasteiger partial charge in [-0.2, -0.15) is 0 Å². The largest absolute Gasteiger partial charge is 0.458 e. The van der Waals surface area contributed by atoms with E-state index < -0.39 is 0 Å². The lowest BCUT2D eigenvalue weighted by Gasteiger charge is -2.12. The number of hydrogen-bond acceptors (Lipinski definition) is 7. The molecule has 1 aliphatic heterocycles. The fraction of sp³-hybridized carbons (Fsp3) is 0.174. The SMILES string of the molecule is Nc1ncnc2c1nc(SC1=COC(Cc3ccccc3)O1)n2CCc1ccc(F)cc1. The van der Waals surface area contributed by atoms with Crippen molar-refractivity contribution in [3.63, 3.8) is 0 Å². The second-order valence-corrected chi connectivity index (χ2v) is 8.24. The van der Waals surface area contributed by atoms with Gasteiger partial charge in [0, 0.05) is 13.0 Å². The number of benzene rings is 2. The molecule has 1 atom stereocenters. The highest BCUT2D eigenvalue weighted by atomic mass is 32.2. The van der Waals surface area contributed by atoms with Crippen molar-refractivity contribution in [2.24, 2.45) is 0 Å². The van der Waals surface area contributed by atoms with Gasteiger partial charge < -0.3 is 19.8 Å². The number of aromatic nitrogens is 4. The third-order valence-corrected chi connectivity index (χ3v) is 5.95. The van der Waals surface area contributed by atoms with Gasteiger partial charge in [-0.1, -0.05) is 42.5 Å². The van der Waals surface area contributed by atoms with E-state index in [2.05, 4.69) is 15.0 Å². The van der Waals surface area contributed by atoms with Gasteiger partial charge in [0.1, 0.15) is 18.4 Å². The lowest BCUT2D eigenvalue weighted by Crippen LogP contribution is -2.11. The lowest BCUT2D eigenvalue weighted by molar-refractivity contribution is -0.0236. The molecule has 0 radical (unpaired) electrons. The Morgan fingerprint density at radius 3 is 2.66 bits per heavy atom. The second-order valence-electron chi connectivity index (χ2n) is 7.27. The van der Waals surface area contributed by atoms with E-state index in [9.17, 15) is 4.39 Å². The molecule has 2 aromatic carbocycles. The molecule has 7 nitrogen and oxygen atoms in total. The van der Waals surface area contributed by atoms with Gasteiger partial charge in [-0.25, -0.2) is 19.3 Å². The summed E-state index contributed by atoms with van der Waals surface area (Å²) >= 11 is 1.35. The Kier molecular flexibility index (Phi) is 5.64. The number of hydrogen-bond donors (Lipinski definition) is 1. The van der Waals surface area contributed by atoms with Crippen LogP contribution in [0.25, 0.3) is 11.2 Å². The van der Waals surface area contributed by atoms with Crippen LogP contribution in [0.2, 0.25) is 0 Å². The Balaban J connectivity index is 1.34. The van der Waals surface area contributed by atoms with E-state index in [0.717, 1.165) is 11.1 Å². The second kappa shape index (κ2) is 8.88. The lowest BCUT2D eigenvalue weighted by atomic mass is 10.1. The first-order valence-corrected chi connectivity index (χ1v) is 10.9. The Labute approximate surface area is 188 Å². The minimum Gasteiger partial charge on any atom is -0.458 e. The first kappa shape index (κ1) is 20.3. The van der Waals surface area contributed by atoms with Crippen LogP contribution in [0, 0.1) is 5.82 Å². The summed E-state index contributed by atoms with van der Waals surface area (Å²) in [5.74, 6) is 0.0610. The maximum Gasteiger partial charge on any atom is 0.245 e. The van der Waals surface area contributed by atoms with Gasteiger partial charge in [0.15, 0.2) is 27.2 Å². The average Bonchev–Trinajstić information content (AvgIpc) is 3.39. The standard InChI is InChI=1S/C23H20FN5O2S/c24-17-8-6-15(7-9-17)10-11-29-22-20(21(25)26-14-27-22)28-23(29)32-19-13-30-18(31-19)12-16-4-2-1-3-5-16/h1-9,13-14,18H,10-12H2,(H2,25,26,27). The van der Waals surface area contributed by atoms with E-state index in [1.807, 2.05) is 34.9 Å². The van der Waals surface area contributed by atoms with Gasteiger partial charge in [-0.05, 0) is 41.4 Å². The topological polar surface area (TPSA) is 88.1 Å². The number of ether oxygens (including phenoxy) is 2. The molecule has 0 bridgehead atoms. The van der Waals surface area contributed by atoms with Crippen LogP contribution in [0.3, 0.4) is 0 Å². The van der Waals surface area contributed by atoms with Gasteiger partial charge in [0.25, 0.3) is 0 Å². The first-order chi connectivity index (χ1) is 15.7. The van der Waals surface area contributed by atoms with Crippen molar-refractivity contribution in [2.75, 3.05) is 5.73 Å². The summed E-state index contributed by atoms with van der Waals surface area (Å²) in [5.41, 5.74) is 9.35. The highest BCUT2D eigenvalue weighted by Crippen LogP contribution is 2.34. The molecule has 2 N–H and O–H groups in total. The Bertz CT molecular complexity index is 1260. The molecule has 9 heteroatoms. The molecule has 2 aromatic heterocycles. The van der Waals surface area contributed by atoms with Crippen LogP contribution < -0.4 is 5.73 Å². The predicted octanol–water partition coefficient (Wildman–Crippen LogP) is 4.30. The van der Waals surface area contributed by atoms with E-state index in [-0.39, 0.29) is 12.1 Å². The highest BCUT2D eigenvalue weighted by Gasteiger charge is 2.24. The zero-order valence-corrected chi connectivity index (χ0v) is 17.8. The van der Waals surface area contributed by atoms with Crippen molar-refractivity contribution >= 4 is 28.7 Å². The quantitative estimate of drug-likeness (QED) is 0.450. The maximum atomic E-state index is 13.2. The molecule has 4 aromatic rings. The maximum absolute atomic E-state index is 13.2. The summed E-state index contributed by atoms with van der Waals surface area (Å²) < 4.78 is 26.9. The number of thioether (sulfide) groups is 1. The van der Waals surface area contributed by atoms with Crippen LogP contribution in [0.4, 0.5) is 10.2 Å². The number of aryl methyl sites for hydroxylation is 2. The number of nitrogen functional groups attached to an aromatic ring is 1. The normalized spacial score (nSPS) is 15.4. The van der Waals surface area contributed by atoms with Crippen molar-refractivity contribution in [3.8, 4) is 0 Å². The van der Waals surface area contributed by atoms with Crippen molar-refractivity contribution in [1.29, 1.82) is 0 Å². The molecule has 5 rings (SSSR count). The Hall–Kier alpha value is -3.59. The summed E-state index contributed by atoms with van der Waals surface area (Å²) in [4.78, 5) is 13.1. The number of nitrogens with zero attached hydrogens (tertiary/aromatic N) is 4. The molecule has 0 amide bonds. The van der Waals surface area contributed by atoms with Crippen LogP contribution >= 0.6 is 11.8 Å². The average molecular weight is 450 g/mol. The number of imidazole rings is 1. The van der Waals surface area contributed by atoms with Crippen molar-refractivity contribution in [2.45, 2.75) is 30.8 Å². The van der Waals surface area contributed by atoms with E-state index in [0.29, 0.717) is 46.6 Å². The van der Waals surface area contributed by atoms with Gasteiger partial charge in [-0.3, -0.25) is 0 Å². The number of nitrogens with two attached hydrogens (primary N) is 1. The van der Waals surface area contributed by atoms with E-state index in [4.69, 9.17) is 15.2 Å². The molecule has 0 spiro atoms. The molecule has 32 heavy (non-hydrogen) atoms. The first-order valence-electron chi connectivity index (χ1n) is 10.1. The minimum atomic E-state index is -0.387. The van der Waals surface area contributed by atoms with E-state index in [1.165, 1.54) is 30.2 Å². The van der Waals surface area contributed by atoms with Crippen LogP contribution in [0.5, 0.6) is 0 Å². The van der Waals surface area contributed by atoms with Gasteiger partial charge in [0.05, 0.1) is 0 Å². The van der Waals surface area contributed by atoms with Crippen molar-refractivity contribution < 1.29 is 13.9 Å². The fourth-order valence-corrected chi connectivity index (χ4v) is 4.32. The Morgan fingerprint density at radius 1 is 1.03 bits per heavy atom. The third kappa shape index (κ3) is 4.38. The summed E-state index contributed by atoms with van der Waals surface area (Å²) in [7, 11) is 0. The summed E-state index contributed by atoms with van der Waals surface area (Å²) in [5, 5.41) is 1.28. The third-order valence-electron chi connectivity index (χ3n) is 5.06. The van der Waals surface area contributed by atoms with Gasteiger partial charge in [0.2, 0.25) is 6.29 Å². The zero-order chi connectivity index (χ0) is 21.9. The van der Waals surface area contributed by atoms with Gasteiger partial charge >= 0.3 is 0 Å². The summed E-state index contributed by atoms with van der Waals surface area (Å²) in [6.45, 7) is 0.586.